The number of hydrogen-bond donors (Lipinski definition) is 4. The Bertz CT molecular complexity index is 325. The molecule has 0 heterocycles. The van der Waals surface area contributed by atoms with Crippen LogP contribution in [-0.2, 0) is 4.79 Å². The van der Waals surface area contributed by atoms with Crippen molar-refractivity contribution in [1.29, 1.82) is 0 Å². The number of rotatable bonds is 15. The lowest BCUT2D eigenvalue weighted by Crippen LogP contribution is -2.37. The summed E-state index contributed by atoms with van der Waals surface area (Å²) in [7, 11) is 0. The van der Waals surface area contributed by atoms with Crippen LogP contribution >= 0.6 is 0 Å². The first-order chi connectivity index (χ1) is 10.9. The summed E-state index contributed by atoms with van der Waals surface area (Å²) < 4.78 is 0. The Labute approximate surface area is 140 Å². The van der Waals surface area contributed by atoms with E-state index in [0.29, 0.717) is 12.8 Å². The Hall–Kier alpha value is -0.910. The molecule has 0 saturated heterocycles. The zero-order valence-electron chi connectivity index (χ0n) is 14.4. The van der Waals surface area contributed by atoms with Gasteiger partial charge in [-0.25, -0.2) is 4.79 Å². The van der Waals surface area contributed by atoms with Gasteiger partial charge in [0, 0.05) is 6.42 Å². The molecule has 1 atom stereocenters. The summed E-state index contributed by atoms with van der Waals surface area (Å²) in [6.45, 7) is 2.18. The van der Waals surface area contributed by atoms with Gasteiger partial charge in [0.1, 0.15) is 0 Å². The van der Waals surface area contributed by atoms with Gasteiger partial charge in [-0.3, -0.25) is 0 Å². The van der Waals surface area contributed by atoms with Crippen LogP contribution in [0.3, 0.4) is 0 Å². The van der Waals surface area contributed by atoms with Crippen LogP contribution in [0.1, 0.15) is 84.0 Å². The molecule has 0 bridgehead atoms. The molecule has 0 aromatic rings. The Morgan fingerprint density at radius 3 is 2.30 bits per heavy atom. The molecule has 0 saturated carbocycles. The van der Waals surface area contributed by atoms with Crippen molar-refractivity contribution in [1.82, 2.24) is 0 Å². The van der Waals surface area contributed by atoms with E-state index in [1.165, 1.54) is 19.3 Å². The van der Waals surface area contributed by atoms with Crippen molar-refractivity contribution in [2.75, 3.05) is 0 Å². The molecule has 0 aliphatic heterocycles. The maximum Gasteiger partial charge on any atom is 0.364 e. The highest BCUT2D eigenvalue weighted by atomic mass is 16.5. The van der Waals surface area contributed by atoms with Gasteiger partial charge in [-0.15, -0.1) is 0 Å². The van der Waals surface area contributed by atoms with E-state index in [-0.39, 0.29) is 12.5 Å². The number of hydrogen-bond acceptors (Lipinski definition) is 4. The molecule has 0 fully saturated rings. The van der Waals surface area contributed by atoms with Gasteiger partial charge in [0.05, 0.1) is 6.10 Å². The predicted octanol–water partition coefficient (Wildman–Crippen LogP) is 3.37. The zero-order chi connectivity index (χ0) is 17.6. The second-order valence-electron chi connectivity index (χ2n) is 6.28. The van der Waals surface area contributed by atoms with Crippen LogP contribution in [0.15, 0.2) is 12.2 Å². The second-order valence-corrected chi connectivity index (χ2v) is 6.28. The molecule has 0 aliphatic rings. The number of allylic oxidation sites excluding steroid dienone is 1. The van der Waals surface area contributed by atoms with E-state index in [9.17, 15) is 9.90 Å². The maximum absolute atomic E-state index is 10.5. The molecule has 0 aromatic carbocycles. The number of carboxylic acid groups (broad SMARTS) is 1. The summed E-state index contributed by atoms with van der Waals surface area (Å²) in [5, 5.41) is 36.6. The molecule has 0 rings (SSSR count). The molecule has 0 spiro atoms. The predicted molar refractivity (Wildman–Crippen MR) is 91.0 cm³/mol. The topological polar surface area (TPSA) is 98.0 Å². The molecule has 4 N–H and O–H groups in total. The summed E-state index contributed by atoms with van der Waals surface area (Å²) >= 11 is 0. The van der Waals surface area contributed by atoms with Crippen molar-refractivity contribution >= 4 is 5.97 Å². The minimum atomic E-state index is -2.59. The van der Waals surface area contributed by atoms with E-state index in [2.05, 4.69) is 13.0 Å². The van der Waals surface area contributed by atoms with Crippen LogP contribution in [0, 0.1) is 0 Å². The van der Waals surface area contributed by atoms with Gasteiger partial charge in [-0.05, 0) is 32.1 Å². The van der Waals surface area contributed by atoms with Crippen LogP contribution < -0.4 is 0 Å². The van der Waals surface area contributed by atoms with Crippen LogP contribution in [0.4, 0.5) is 0 Å². The van der Waals surface area contributed by atoms with E-state index >= 15 is 0 Å². The average Bonchev–Trinajstić information content (AvgIpc) is 2.49. The number of aliphatic hydroxyl groups is 3. The fraction of sp³-hybridized carbons (Fsp3) is 0.833. The van der Waals surface area contributed by atoms with Crippen molar-refractivity contribution in [3.05, 3.63) is 12.2 Å². The monoisotopic (exact) mass is 330 g/mol. The summed E-state index contributed by atoms with van der Waals surface area (Å²) in [5.41, 5.74) is 0. The first-order valence-electron chi connectivity index (χ1n) is 8.91. The lowest BCUT2D eigenvalue weighted by atomic mass is 10.0. The summed E-state index contributed by atoms with van der Waals surface area (Å²) in [4.78, 5) is 10.5. The van der Waals surface area contributed by atoms with Gasteiger partial charge in [0.15, 0.2) is 0 Å². The first-order valence-corrected chi connectivity index (χ1v) is 8.91. The second kappa shape index (κ2) is 13.5. The molecule has 0 amide bonds. The van der Waals surface area contributed by atoms with Gasteiger partial charge in [0.2, 0.25) is 0 Å². The van der Waals surface area contributed by atoms with Crippen LogP contribution in [0.2, 0.25) is 0 Å². The van der Waals surface area contributed by atoms with Gasteiger partial charge in [-0.1, -0.05) is 57.6 Å². The fourth-order valence-corrected chi connectivity index (χ4v) is 2.39. The minimum absolute atomic E-state index is 0.137. The number of carbonyl (C=O) groups is 1. The fourth-order valence-electron chi connectivity index (χ4n) is 2.39. The molecule has 0 aliphatic carbocycles. The Morgan fingerprint density at radius 2 is 1.65 bits per heavy atom. The molecular formula is C18H34O5. The average molecular weight is 330 g/mol. The number of unbranched alkanes of at least 4 members (excludes halogenated alkanes) is 7. The lowest BCUT2D eigenvalue weighted by molar-refractivity contribution is -0.205. The summed E-state index contributed by atoms with van der Waals surface area (Å²) in [5.74, 6) is -4.18. The highest BCUT2D eigenvalue weighted by Crippen LogP contribution is 2.14. The molecule has 23 heavy (non-hydrogen) atoms. The molecule has 5 nitrogen and oxygen atoms in total. The minimum Gasteiger partial charge on any atom is -0.477 e. The number of aliphatic carboxylic acids is 1. The number of aliphatic hydroxyl groups excluding tert-OH is 1. The van der Waals surface area contributed by atoms with Crippen molar-refractivity contribution in [2.24, 2.45) is 0 Å². The van der Waals surface area contributed by atoms with Gasteiger partial charge >= 0.3 is 5.97 Å². The Morgan fingerprint density at radius 1 is 1.00 bits per heavy atom. The quantitative estimate of drug-likeness (QED) is 0.210. The van der Waals surface area contributed by atoms with Gasteiger partial charge < -0.3 is 20.4 Å². The summed E-state index contributed by atoms with van der Waals surface area (Å²) in [6, 6.07) is 0. The SMILES string of the molecule is CCCCCC[C@@H](O)C/C=C\CCCCCCC(O)(O)C(=O)O. The molecule has 5 heteroatoms. The largest absolute Gasteiger partial charge is 0.477 e. The smallest absolute Gasteiger partial charge is 0.364 e. The van der Waals surface area contributed by atoms with Crippen LogP contribution in [0.25, 0.3) is 0 Å². The normalized spacial score (nSPS) is 13.6. The third kappa shape index (κ3) is 13.2. The third-order valence-corrected chi connectivity index (χ3v) is 3.95. The molecule has 0 aromatic heterocycles. The molecule has 0 radical (unpaired) electrons. The van der Waals surface area contributed by atoms with Crippen molar-refractivity contribution < 1.29 is 25.2 Å². The van der Waals surface area contributed by atoms with Crippen molar-refractivity contribution in [3.63, 3.8) is 0 Å². The standard InChI is InChI=1S/C18H34O5/c1-2-3-4-10-13-16(19)14-11-8-6-5-7-9-12-15-18(22,23)17(20)21/h8,11,16,19,22-23H,2-7,9-10,12-15H2,1H3,(H,20,21)/b11-8-/t16-/m1/s1. The zero-order valence-corrected chi connectivity index (χ0v) is 14.4. The highest BCUT2D eigenvalue weighted by molar-refractivity contribution is 5.74. The van der Waals surface area contributed by atoms with E-state index in [0.717, 1.165) is 38.5 Å². The van der Waals surface area contributed by atoms with E-state index in [4.69, 9.17) is 15.3 Å². The van der Waals surface area contributed by atoms with E-state index in [1.807, 2.05) is 6.08 Å². The number of carboxylic acids is 1. The van der Waals surface area contributed by atoms with Gasteiger partial charge in [0.25, 0.3) is 5.79 Å². The van der Waals surface area contributed by atoms with Crippen LogP contribution in [-0.4, -0.2) is 38.3 Å². The molecule has 136 valence electrons. The third-order valence-electron chi connectivity index (χ3n) is 3.95. The molecular weight excluding hydrogens is 296 g/mol. The highest BCUT2D eigenvalue weighted by Gasteiger charge is 2.31. The molecule has 0 unspecified atom stereocenters. The van der Waals surface area contributed by atoms with Gasteiger partial charge in [-0.2, -0.15) is 0 Å². The summed E-state index contributed by atoms with van der Waals surface area (Å²) in [6.07, 6.45) is 14.2. The van der Waals surface area contributed by atoms with E-state index in [1.54, 1.807) is 0 Å². The Balaban J connectivity index is 3.45. The Kier molecular flexibility index (Phi) is 13.0. The van der Waals surface area contributed by atoms with E-state index < -0.39 is 11.8 Å². The lowest BCUT2D eigenvalue weighted by Gasteiger charge is -2.15. The maximum atomic E-state index is 10.5. The first kappa shape index (κ1) is 22.1. The van der Waals surface area contributed by atoms with Crippen LogP contribution in [0.5, 0.6) is 0 Å². The van der Waals surface area contributed by atoms with Crippen molar-refractivity contribution in [2.45, 2.75) is 95.9 Å². The van der Waals surface area contributed by atoms with Crippen molar-refractivity contribution in [3.8, 4) is 0 Å².